The van der Waals surface area contributed by atoms with Gasteiger partial charge >= 0.3 is 5.97 Å². The maximum atomic E-state index is 12.3. The molecule has 0 spiro atoms. The summed E-state index contributed by atoms with van der Waals surface area (Å²) in [5, 5.41) is 3.01. The number of methoxy groups -OCH3 is 1. The van der Waals surface area contributed by atoms with Crippen LogP contribution in [0.1, 0.15) is 27.0 Å². The lowest BCUT2D eigenvalue weighted by Crippen LogP contribution is -2.11. The largest absolute Gasteiger partial charge is 0.497 e. The molecule has 7 nitrogen and oxygen atoms in total. The molecule has 0 aliphatic rings. The Morgan fingerprint density at radius 1 is 1.19 bits per heavy atom. The predicted molar refractivity (Wildman–Crippen MR) is 102 cm³/mol. The van der Waals surface area contributed by atoms with E-state index in [0.717, 1.165) is 16.9 Å². The van der Waals surface area contributed by atoms with Crippen molar-refractivity contribution in [1.29, 1.82) is 0 Å². The Labute approximate surface area is 160 Å². The van der Waals surface area contributed by atoms with Crippen LogP contribution in [0.2, 0.25) is 0 Å². The molecule has 0 saturated carbocycles. The molecule has 1 aromatic carbocycles. The molecule has 1 N–H and O–H groups in total. The number of nitrogens with one attached hydrogen (secondary N) is 1. The van der Waals surface area contributed by atoms with E-state index in [9.17, 15) is 9.59 Å². The first-order chi connectivity index (χ1) is 13.1. The lowest BCUT2D eigenvalue weighted by molar-refractivity contribution is 0.0532. The van der Waals surface area contributed by atoms with Crippen LogP contribution >= 0.6 is 11.3 Å². The van der Waals surface area contributed by atoms with Gasteiger partial charge in [0.2, 0.25) is 0 Å². The van der Waals surface area contributed by atoms with Crippen molar-refractivity contribution in [1.82, 2.24) is 9.97 Å². The van der Waals surface area contributed by atoms with Gasteiger partial charge in [0.1, 0.15) is 10.6 Å². The number of anilines is 1. The van der Waals surface area contributed by atoms with Crippen molar-refractivity contribution >= 4 is 28.3 Å². The SMILES string of the molecule is CCOC(=O)c1sc(NC(=O)c2cccnc2)nc1-c1ccc(OC)cc1. The summed E-state index contributed by atoms with van der Waals surface area (Å²) in [4.78, 5) is 33.3. The van der Waals surface area contributed by atoms with Gasteiger partial charge in [-0.05, 0) is 43.3 Å². The summed E-state index contributed by atoms with van der Waals surface area (Å²) in [7, 11) is 1.58. The Morgan fingerprint density at radius 2 is 1.96 bits per heavy atom. The summed E-state index contributed by atoms with van der Waals surface area (Å²) in [5.41, 5.74) is 1.57. The maximum Gasteiger partial charge on any atom is 0.350 e. The van der Waals surface area contributed by atoms with Crippen molar-refractivity contribution in [3.05, 3.63) is 59.2 Å². The van der Waals surface area contributed by atoms with Gasteiger partial charge in [0.15, 0.2) is 5.13 Å². The highest BCUT2D eigenvalue weighted by atomic mass is 32.1. The number of ether oxygens (including phenoxy) is 2. The lowest BCUT2D eigenvalue weighted by Gasteiger charge is -2.04. The van der Waals surface area contributed by atoms with Crippen LogP contribution in [0.25, 0.3) is 11.3 Å². The molecule has 1 amide bonds. The second-order valence-corrected chi connectivity index (χ2v) is 6.34. The maximum absolute atomic E-state index is 12.3. The molecular weight excluding hydrogens is 366 g/mol. The highest BCUT2D eigenvalue weighted by Gasteiger charge is 2.22. The van der Waals surface area contributed by atoms with Gasteiger partial charge in [0.25, 0.3) is 5.91 Å². The van der Waals surface area contributed by atoms with Gasteiger partial charge < -0.3 is 9.47 Å². The van der Waals surface area contributed by atoms with Gasteiger partial charge in [0, 0.05) is 18.0 Å². The molecule has 0 aliphatic heterocycles. The van der Waals surface area contributed by atoms with Gasteiger partial charge in [-0.25, -0.2) is 9.78 Å². The minimum atomic E-state index is -0.484. The number of thiazole rings is 1. The molecule has 0 bridgehead atoms. The summed E-state index contributed by atoms with van der Waals surface area (Å²) in [6.45, 7) is 1.98. The van der Waals surface area contributed by atoms with Gasteiger partial charge in [-0.3, -0.25) is 15.1 Å². The highest BCUT2D eigenvalue weighted by Crippen LogP contribution is 2.33. The second kappa shape index (κ2) is 8.41. The van der Waals surface area contributed by atoms with Gasteiger partial charge in [0.05, 0.1) is 25.0 Å². The summed E-state index contributed by atoms with van der Waals surface area (Å²) in [6.07, 6.45) is 3.04. The number of amides is 1. The molecule has 138 valence electrons. The van der Waals surface area contributed by atoms with E-state index in [1.165, 1.54) is 6.20 Å². The number of aromatic nitrogens is 2. The normalized spacial score (nSPS) is 10.3. The third-order valence-corrected chi connectivity index (χ3v) is 4.55. The highest BCUT2D eigenvalue weighted by molar-refractivity contribution is 7.18. The summed E-state index contributed by atoms with van der Waals surface area (Å²) in [5.74, 6) is -0.145. The predicted octanol–water partition coefficient (Wildman–Crippen LogP) is 3.64. The van der Waals surface area contributed by atoms with Crippen LogP contribution < -0.4 is 10.1 Å². The Morgan fingerprint density at radius 3 is 2.59 bits per heavy atom. The standard InChI is InChI=1S/C19H17N3O4S/c1-3-26-18(24)16-15(12-6-8-14(25-2)9-7-12)21-19(27-16)22-17(23)13-5-4-10-20-11-13/h4-11H,3H2,1-2H3,(H,21,22,23). The fourth-order valence-electron chi connectivity index (χ4n) is 2.32. The molecule has 2 heterocycles. The first kappa shape index (κ1) is 18.5. The van der Waals surface area contributed by atoms with Crippen molar-refractivity contribution in [2.24, 2.45) is 0 Å². The number of nitrogens with zero attached hydrogens (tertiary/aromatic N) is 2. The Bertz CT molecular complexity index is 939. The average Bonchev–Trinajstić information content (AvgIpc) is 3.13. The Balaban J connectivity index is 1.93. The number of esters is 1. The molecule has 3 rings (SSSR count). The molecule has 0 fully saturated rings. The van der Waals surface area contributed by atoms with E-state index in [4.69, 9.17) is 9.47 Å². The number of rotatable bonds is 6. The smallest absolute Gasteiger partial charge is 0.350 e. The minimum absolute atomic E-state index is 0.246. The van der Waals surface area contributed by atoms with Crippen LogP contribution in [0.4, 0.5) is 5.13 Å². The van der Waals surface area contributed by atoms with Crippen LogP contribution in [-0.2, 0) is 4.74 Å². The van der Waals surface area contributed by atoms with Crippen molar-refractivity contribution in [3.8, 4) is 17.0 Å². The minimum Gasteiger partial charge on any atom is -0.497 e. The molecule has 3 aromatic rings. The van der Waals surface area contributed by atoms with E-state index < -0.39 is 5.97 Å². The monoisotopic (exact) mass is 383 g/mol. The van der Waals surface area contributed by atoms with Crippen molar-refractivity contribution in [3.63, 3.8) is 0 Å². The van der Waals surface area contributed by atoms with E-state index in [-0.39, 0.29) is 12.5 Å². The van der Waals surface area contributed by atoms with E-state index in [1.807, 2.05) is 0 Å². The first-order valence-electron chi connectivity index (χ1n) is 8.16. The Hall–Kier alpha value is -3.26. The van der Waals surface area contributed by atoms with Crippen molar-refractivity contribution in [2.45, 2.75) is 6.92 Å². The molecule has 0 atom stereocenters. The summed E-state index contributed by atoms with van der Waals surface area (Å²) in [6, 6.07) is 10.5. The van der Waals surface area contributed by atoms with E-state index >= 15 is 0 Å². The topological polar surface area (TPSA) is 90.4 Å². The number of pyridine rings is 1. The molecule has 2 aromatic heterocycles. The van der Waals surface area contributed by atoms with Crippen LogP contribution in [-0.4, -0.2) is 35.6 Å². The summed E-state index contributed by atoms with van der Waals surface area (Å²) < 4.78 is 10.3. The van der Waals surface area contributed by atoms with Crippen LogP contribution in [0.15, 0.2) is 48.8 Å². The van der Waals surface area contributed by atoms with E-state index in [0.29, 0.717) is 27.0 Å². The van der Waals surface area contributed by atoms with Crippen LogP contribution in [0.5, 0.6) is 5.75 Å². The zero-order chi connectivity index (χ0) is 19.2. The third kappa shape index (κ3) is 4.29. The van der Waals surface area contributed by atoms with Crippen LogP contribution in [0.3, 0.4) is 0 Å². The van der Waals surface area contributed by atoms with Crippen LogP contribution in [0, 0.1) is 0 Å². The number of hydrogen-bond donors (Lipinski definition) is 1. The number of carbonyl (C=O) groups excluding carboxylic acids is 2. The molecule has 0 unspecified atom stereocenters. The van der Waals surface area contributed by atoms with Gasteiger partial charge in [-0.15, -0.1) is 0 Å². The van der Waals surface area contributed by atoms with E-state index in [2.05, 4.69) is 15.3 Å². The van der Waals surface area contributed by atoms with Crippen molar-refractivity contribution < 1.29 is 19.1 Å². The number of benzene rings is 1. The molecule has 27 heavy (non-hydrogen) atoms. The third-order valence-electron chi connectivity index (χ3n) is 3.60. The lowest BCUT2D eigenvalue weighted by atomic mass is 10.1. The quantitative estimate of drug-likeness (QED) is 0.654. The molecular formula is C19H17N3O4S. The zero-order valence-electron chi connectivity index (χ0n) is 14.8. The second-order valence-electron chi connectivity index (χ2n) is 5.34. The first-order valence-corrected chi connectivity index (χ1v) is 8.97. The average molecular weight is 383 g/mol. The fourth-order valence-corrected chi connectivity index (χ4v) is 3.20. The fraction of sp³-hybridized carbons (Fsp3) is 0.158. The molecule has 0 radical (unpaired) electrons. The zero-order valence-corrected chi connectivity index (χ0v) is 15.6. The van der Waals surface area contributed by atoms with Crippen molar-refractivity contribution in [2.75, 3.05) is 19.0 Å². The van der Waals surface area contributed by atoms with E-state index in [1.54, 1.807) is 56.6 Å². The molecule has 8 heteroatoms. The number of hydrogen-bond acceptors (Lipinski definition) is 7. The number of carbonyl (C=O) groups is 2. The van der Waals surface area contributed by atoms with Gasteiger partial charge in [-0.2, -0.15) is 0 Å². The summed E-state index contributed by atoms with van der Waals surface area (Å²) >= 11 is 1.07. The Kier molecular flexibility index (Phi) is 5.77. The molecule has 0 saturated heterocycles. The van der Waals surface area contributed by atoms with Gasteiger partial charge in [-0.1, -0.05) is 11.3 Å². The molecule has 0 aliphatic carbocycles.